The van der Waals surface area contributed by atoms with Crippen molar-refractivity contribution >= 4 is 17.6 Å². The van der Waals surface area contributed by atoms with Crippen LogP contribution in [0.25, 0.3) is 11.4 Å². The van der Waals surface area contributed by atoms with Gasteiger partial charge in [-0.3, -0.25) is 4.79 Å². The molecule has 0 atom stereocenters. The third-order valence-electron chi connectivity index (χ3n) is 5.14. The van der Waals surface area contributed by atoms with Gasteiger partial charge in [0.2, 0.25) is 5.91 Å². The van der Waals surface area contributed by atoms with E-state index < -0.39 is 0 Å². The lowest BCUT2D eigenvalue weighted by Crippen LogP contribution is -2.45. The molecule has 1 aromatic heterocycles. The van der Waals surface area contributed by atoms with Crippen LogP contribution in [0.2, 0.25) is 0 Å². The zero-order valence-corrected chi connectivity index (χ0v) is 15.7. The Kier molecular flexibility index (Phi) is 5.50. The van der Waals surface area contributed by atoms with Gasteiger partial charge >= 0.3 is 6.03 Å². The normalized spacial score (nSPS) is 17.1. The van der Waals surface area contributed by atoms with Gasteiger partial charge in [-0.05, 0) is 48.2 Å². The first-order valence-electron chi connectivity index (χ1n) is 9.91. The molecule has 0 radical (unpaired) electrons. The summed E-state index contributed by atoms with van der Waals surface area (Å²) in [4.78, 5) is 24.2. The first-order valence-corrected chi connectivity index (χ1v) is 9.91. The van der Waals surface area contributed by atoms with Crippen LogP contribution in [0.1, 0.15) is 51.0 Å². The number of hydrogen-bond donors (Lipinski definition) is 3. The van der Waals surface area contributed by atoms with Crippen LogP contribution < -0.4 is 16.0 Å². The molecule has 0 bridgehead atoms. The number of aromatic nitrogens is 4. The maximum Gasteiger partial charge on any atom is 0.315 e. The molecular formula is C19H25N7O2. The highest BCUT2D eigenvalue weighted by molar-refractivity contribution is 5.94. The number of hydrogen-bond acceptors (Lipinski definition) is 5. The van der Waals surface area contributed by atoms with E-state index in [0.717, 1.165) is 44.1 Å². The molecule has 0 unspecified atom stereocenters. The van der Waals surface area contributed by atoms with Crippen LogP contribution in [-0.2, 0) is 4.79 Å². The molecule has 1 heterocycles. The Balaban J connectivity index is 1.29. The second-order valence-electron chi connectivity index (χ2n) is 7.47. The standard InChI is InChI=1S/C19H25N7O2/c27-17(12-20-19(28)22-14-6-2-1-3-7-14)21-15-8-4-5-13(11-15)18-23-24-25-26(18)16-9-10-16/h4-5,8,11,14,16H,1-3,6-7,9-10,12H2,(H,21,27)(H2,20,22,28). The van der Waals surface area contributed by atoms with Crippen molar-refractivity contribution in [2.45, 2.75) is 57.0 Å². The SMILES string of the molecule is O=C(CNC(=O)NC1CCCCC1)Nc1cccc(-c2nnnn2C2CC2)c1. The van der Waals surface area contributed by atoms with Gasteiger partial charge in [0, 0.05) is 17.3 Å². The second-order valence-corrected chi connectivity index (χ2v) is 7.47. The molecular weight excluding hydrogens is 358 g/mol. The highest BCUT2D eigenvalue weighted by Crippen LogP contribution is 2.36. The summed E-state index contributed by atoms with van der Waals surface area (Å²) < 4.78 is 1.83. The highest BCUT2D eigenvalue weighted by atomic mass is 16.2. The van der Waals surface area contributed by atoms with Crippen LogP contribution in [0.4, 0.5) is 10.5 Å². The van der Waals surface area contributed by atoms with Crippen LogP contribution >= 0.6 is 0 Å². The molecule has 2 aliphatic rings. The fraction of sp³-hybridized carbons (Fsp3) is 0.526. The molecule has 2 fully saturated rings. The molecule has 2 saturated carbocycles. The molecule has 9 nitrogen and oxygen atoms in total. The van der Waals surface area contributed by atoms with Crippen molar-refractivity contribution in [3.63, 3.8) is 0 Å². The van der Waals surface area contributed by atoms with E-state index >= 15 is 0 Å². The van der Waals surface area contributed by atoms with Crippen LogP contribution in [0.15, 0.2) is 24.3 Å². The van der Waals surface area contributed by atoms with Crippen molar-refractivity contribution in [1.82, 2.24) is 30.8 Å². The average molecular weight is 383 g/mol. The summed E-state index contributed by atoms with van der Waals surface area (Å²) in [6, 6.07) is 7.69. The number of carbonyl (C=O) groups is 2. The minimum Gasteiger partial charge on any atom is -0.335 e. The van der Waals surface area contributed by atoms with E-state index in [0.29, 0.717) is 17.6 Å². The topological polar surface area (TPSA) is 114 Å². The summed E-state index contributed by atoms with van der Waals surface area (Å²) >= 11 is 0. The number of benzene rings is 1. The Morgan fingerprint density at radius 2 is 1.93 bits per heavy atom. The van der Waals surface area contributed by atoms with E-state index in [4.69, 9.17) is 0 Å². The number of carbonyl (C=O) groups excluding carboxylic acids is 2. The zero-order chi connectivity index (χ0) is 19.3. The number of tetrazole rings is 1. The fourth-order valence-corrected chi connectivity index (χ4v) is 3.53. The van der Waals surface area contributed by atoms with Crippen molar-refractivity contribution in [3.05, 3.63) is 24.3 Å². The smallest absolute Gasteiger partial charge is 0.315 e. The van der Waals surface area contributed by atoms with E-state index in [1.807, 2.05) is 22.9 Å². The van der Waals surface area contributed by atoms with E-state index in [1.165, 1.54) is 6.42 Å². The fourth-order valence-electron chi connectivity index (χ4n) is 3.53. The van der Waals surface area contributed by atoms with Gasteiger partial charge in [-0.15, -0.1) is 5.10 Å². The minimum absolute atomic E-state index is 0.0808. The Hall–Kier alpha value is -2.97. The van der Waals surface area contributed by atoms with Crippen molar-refractivity contribution in [3.8, 4) is 11.4 Å². The number of nitrogens with zero attached hydrogens (tertiary/aromatic N) is 4. The van der Waals surface area contributed by atoms with Crippen LogP contribution in [0, 0.1) is 0 Å². The largest absolute Gasteiger partial charge is 0.335 e. The summed E-state index contributed by atoms with van der Waals surface area (Å²) in [6.07, 6.45) is 7.71. The van der Waals surface area contributed by atoms with Gasteiger partial charge in [0.25, 0.3) is 0 Å². The average Bonchev–Trinajstić information content (AvgIpc) is 3.44. The van der Waals surface area contributed by atoms with Crippen molar-refractivity contribution in [2.75, 3.05) is 11.9 Å². The van der Waals surface area contributed by atoms with E-state index in [1.54, 1.807) is 6.07 Å². The van der Waals surface area contributed by atoms with Gasteiger partial charge in [0.15, 0.2) is 5.82 Å². The molecule has 2 aromatic rings. The maximum atomic E-state index is 12.2. The Morgan fingerprint density at radius 1 is 1.11 bits per heavy atom. The maximum absolute atomic E-state index is 12.2. The van der Waals surface area contributed by atoms with Gasteiger partial charge < -0.3 is 16.0 Å². The van der Waals surface area contributed by atoms with Gasteiger partial charge in [0.05, 0.1) is 12.6 Å². The summed E-state index contributed by atoms with van der Waals surface area (Å²) in [6.45, 7) is -0.0808. The lowest BCUT2D eigenvalue weighted by Gasteiger charge is -2.22. The molecule has 4 rings (SSSR count). The number of rotatable bonds is 6. The molecule has 0 spiro atoms. The number of anilines is 1. The molecule has 0 aliphatic heterocycles. The van der Waals surface area contributed by atoms with Crippen molar-refractivity contribution < 1.29 is 9.59 Å². The van der Waals surface area contributed by atoms with Gasteiger partial charge in [-0.2, -0.15) is 0 Å². The van der Waals surface area contributed by atoms with Crippen molar-refractivity contribution in [2.24, 2.45) is 0 Å². The first-order chi connectivity index (χ1) is 13.7. The molecule has 2 aliphatic carbocycles. The van der Waals surface area contributed by atoms with E-state index in [2.05, 4.69) is 31.5 Å². The molecule has 3 amide bonds. The van der Waals surface area contributed by atoms with Crippen LogP contribution in [-0.4, -0.2) is 44.7 Å². The monoisotopic (exact) mass is 383 g/mol. The summed E-state index contributed by atoms with van der Waals surface area (Å²) in [7, 11) is 0. The molecule has 3 N–H and O–H groups in total. The van der Waals surface area contributed by atoms with Crippen LogP contribution in [0.3, 0.4) is 0 Å². The Labute approximate surface area is 163 Å². The summed E-state index contributed by atoms with van der Waals surface area (Å²) in [5, 5.41) is 20.3. The zero-order valence-electron chi connectivity index (χ0n) is 15.7. The van der Waals surface area contributed by atoms with Crippen LogP contribution in [0.5, 0.6) is 0 Å². The van der Waals surface area contributed by atoms with Gasteiger partial charge in [0.1, 0.15) is 0 Å². The molecule has 9 heteroatoms. The van der Waals surface area contributed by atoms with Crippen molar-refractivity contribution in [1.29, 1.82) is 0 Å². The van der Waals surface area contributed by atoms with Gasteiger partial charge in [-0.25, -0.2) is 9.48 Å². The predicted molar refractivity (Wildman–Crippen MR) is 104 cm³/mol. The first kappa shape index (κ1) is 18.4. The predicted octanol–water partition coefficient (Wildman–Crippen LogP) is 2.25. The summed E-state index contributed by atoms with van der Waals surface area (Å²) in [5.41, 5.74) is 1.49. The lowest BCUT2D eigenvalue weighted by molar-refractivity contribution is -0.115. The third kappa shape index (κ3) is 4.65. The lowest BCUT2D eigenvalue weighted by atomic mass is 9.96. The molecule has 148 valence electrons. The number of amides is 3. The third-order valence-corrected chi connectivity index (χ3v) is 5.14. The quantitative estimate of drug-likeness (QED) is 0.708. The van der Waals surface area contributed by atoms with E-state index in [9.17, 15) is 9.59 Å². The van der Waals surface area contributed by atoms with E-state index in [-0.39, 0.29) is 24.5 Å². The van der Waals surface area contributed by atoms with Gasteiger partial charge in [-0.1, -0.05) is 31.4 Å². The molecule has 0 saturated heterocycles. The summed E-state index contributed by atoms with van der Waals surface area (Å²) in [5.74, 6) is 0.418. The highest BCUT2D eigenvalue weighted by Gasteiger charge is 2.28. The molecule has 1 aromatic carbocycles. The molecule has 28 heavy (non-hydrogen) atoms. The number of urea groups is 1. The second kappa shape index (κ2) is 8.37. The Bertz CT molecular complexity index is 840. The Morgan fingerprint density at radius 3 is 2.71 bits per heavy atom. The minimum atomic E-state index is -0.292. The number of nitrogens with one attached hydrogen (secondary N) is 3.